The molecular weight excluding hydrogens is 368 g/mol. The van der Waals surface area contributed by atoms with E-state index in [1.54, 1.807) is 16.0 Å². The Morgan fingerprint density at radius 2 is 2.08 bits per heavy atom. The molecule has 4 aromatic rings. The molecule has 2 aromatic carbocycles. The number of carbonyl (C=O) groups is 1. The van der Waals surface area contributed by atoms with E-state index in [0.29, 0.717) is 17.3 Å². The third-order valence-electron chi connectivity index (χ3n) is 4.54. The lowest BCUT2D eigenvalue weighted by Crippen LogP contribution is -2.24. The van der Waals surface area contributed by atoms with Crippen LogP contribution in [0.2, 0.25) is 5.02 Å². The number of nitrogens with one attached hydrogen (secondary N) is 1. The van der Waals surface area contributed by atoms with E-state index in [9.17, 15) is 4.79 Å². The topological polar surface area (TPSA) is 59.8 Å². The second-order valence-corrected chi connectivity index (χ2v) is 7.63. The summed E-state index contributed by atoms with van der Waals surface area (Å²) in [6.07, 6.45) is 2.19. The van der Waals surface area contributed by atoms with Crippen molar-refractivity contribution in [2.75, 3.05) is 5.32 Å². The molecule has 5 nitrogen and oxygen atoms in total. The van der Waals surface area contributed by atoms with Gasteiger partial charge in [0.15, 0.2) is 0 Å². The Kier molecular flexibility index (Phi) is 3.55. The highest BCUT2D eigenvalue weighted by Crippen LogP contribution is 2.39. The molecule has 1 aliphatic rings. The number of thiazole rings is 1. The maximum atomic E-state index is 12.3. The fraction of sp³-hybridized carbons (Fsp3) is 0.105. The highest BCUT2D eigenvalue weighted by Gasteiger charge is 2.31. The van der Waals surface area contributed by atoms with Crippen LogP contribution in [0.1, 0.15) is 23.5 Å². The van der Waals surface area contributed by atoms with Crippen LogP contribution < -0.4 is 5.32 Å². The number of halogens is 1. The number of carbonyl (C=O) groups excluding carboxylic acids is 1. The van der Waals surface area contributed by atoms with E-state index >= 15 is 0 Å². The van der Waals surface area contributed by atoms with Gasteiger partial charge in [0.05, 0.1) is 16.4 Å². The number of rotatable bonds is 2. The van der Waals surface area contributed by atoms with Gasteiger partial charge in [0.1, 0.15) is 5.82 Å². The van der Waals surface area contributed by atoms with Crippen LogP contribution in [0.3, 0.4) is 0 Å². The van der Waals surface area contributed by atoms with E-state index in [4.69, 9.17) is 11.6 Å². The minimum Gasteiger partial charge on any atom is -0.310 e. The van der Waals surface area contributed by atoms with Gasteiger partial charge in [-0.3, -0.25) is 4.79 Å². The van der Waals surface area contributed by atoms with Crippen LogP contribution in [0.15, 0.2) is 54.7 Å². The summed E-state index contributed by atoms with van der Waals surface area (Å²) in [7, 11) is 0. The van der Waals surface area contributed by atoms with Crippen LogP contribution in [0.5, 0.6) is 0 Å². The van der Waals surface area contributed by atoms with Crippen molar-refractivity contribution in [3.8, 4) is 5.13 Å². The summed E-state index contributed by atoms with van der Waals surface area (Å²) in [5.74, 6) is 0.580. The van der Waals surface area contributed by atoms with Crippen LogP contribution >= 0.6 is 22.9 Å². The fourth-order valence-electron chi connectivity index (χ4n) is 3.34. The molecule has 5 rings (SSSR count). The minimum absolute atomic E-state index is 0.0367. The Morgan fingerprint density at radius 3 is 2.92 bits per heavy atom. The molecule has 0 aliphatic carbocycles. The predicted octanol–water partition coefficient (Wildman–Crippen LogP) is 4.61. The number of aromatic nitrogens is 3. The Hall–Kier alpha value is -2.70. The van der Waals surface area contributed by atoms with Gasteiger partial charge >= 0.3 is 0 Å². The monoisotopic (exact) mass is 380 g/mol. The SMILES string of the molecule is O=C1CC(c2cccc(Cl)c2)c2cnn(-c3nc4ccccc4s3)c2N1. The number of para-hydroxylation sites is 1. The van der Waals surface area contributed by atoms with Crippen molar-refractivity contribution in [1.82, 2.24) is 14.8 Å². The molecule has 128 valence electrons. The average molecular weight is 381 g/mol. The Balaban J connectivity index is 1.64. The summed E-state index contributed by atoms with van der Waals surface area (Å²) in [6, 6.07) is 15.6. The van der Waals surface area contributed by atoms with Gasteiger partial charge in [0, 0.05) is 22.9 Å². The highest BCUT2D eigenvalue weighted by molar-refractivity contribution is 7.20. The molecule has 2 aromatic heterocycles. The lowest BCUT2D eigenvalue weighted by Gasteiger charge is -2.23. The van der Waals surface area contributed by atoms with Gasteiger partial charge < -0.3 is 5.32 Å². The molecule has 26 heavy (non-hydrogen) atoms. The van der Waals surface area contributed by atoms with Crippen molar-refractivity contribution >= 4 is 44.9 Å². The van der Waals surface area contributed by atoms with Crippen LogP contribution in [-0.2, 0) is 4.79 Å². The number of fused-ring (bicyclic) bond motifs is 2. The van der Waals surface area contributed by atoms with E-state index in [1.807, 2.05) is 54.7 Å². The highest BCUT2D eigenvalue weighted by atomic mass is 35.5. The molecule has 1 unspecified atom stereocenters. The van der Waals surface area contributed by atoms with E-state index in [1.165, 1.54) is 0 Å². The standard InChI is InChI=1S/C19H13ClN4OS/c20-12-5-3-4-11(8-12)13-9-17(25)23-18-14(13)10-21-24(18)19-22-15-6-1-2-7-16(15)26-19/h1-8,10,13H,9H2,(H,23,25). The number of benzene rings is 2. The molecule has 0 saturated heterocycles. The van der Waals surface area contributed by atoms with E-state index in [0.717, 1.165) is 26.5 Å². The number of anilines is 1. The smallest absolute Gasteiger partial charge is 0.226 e. The lowest BCUT2D eigenvalue weighted by atomic mass is 9.87. The summed E-state index contributed by atoms with van der Waals surface area (Å²) < 4.78 is 2.80. The summed E-state index contributed by atoms with van der Waals surface area (Å²) in [5.41, 5.74) is 2.91. The molecule has 7 heteroatoms. The van der Waals surface area contributed by atoms with Gasteiger partial charge in [-0.25, -0.2) is 4.98 Å². The molecule has 3 heterocycles. The summed E-state index contributed by atoms with van der Waals surface area (Å²) in [5, 5.41) is 8.87. The van der Waals surface area contributed by atoms with Crippen molar-refractivity contribution in [2.24, 2.45) is 0 Å². The predicted molar refractivity (Wildman–Crippen MR) is 103 cm³/mol. The molecule has 1 N–H and O–H groups in total. The fourth-order valence-corrected chi connectivity index (χ4v) is 4.47. The molecule has 1 aliphatic heterocycles. The summed E-state index contributed by atoms with van der Waals surface area (Å²) >= 11 is 7.69. The van der Waals surface area contributed by atoms with Crippen molar-refractivity contribution in [1.29, 1.82) is 0 Å². The van der Waals surface area contributed by atoms with Crippen molar-refractivity contribution in [2.45, 2.75) is 12.3 Å². The first-order chi connectivity index (χ1) is 12.7. The second-order valence-electron chi connectivity index (χ2n) is 6.18. The lowest BCUT2D eigenvalue weighted by molar-refractivity contribution is -0.116. The van der Waals surface area contributed by atoms with Gasteiger partial charge in [-0.2, -0.15) is 9.78 Å². The maximum Gasteiger partial charge on any atom is 0.226 e. The largest absolute Gasteiger partial charge is 0.310 e. The molecule has 0 radical (unpaired) electrons. The minimum atomic E-state index is -0.0689. The van der Waals surface area contributed by atoms with Crippen molar-refractivity contribution < 1.29 is 4.79 Å². The normalized spacial score (nSPS) is 16.5. The Bertz CT molecular complexity index is 1120. The molecule has 0 fully saturated rings. The Labute approximate surface area is 158 Å². The zero-order valence-electron chi connectivity index (χ0n) is 13.5. The number of amides is 1. The van der Waals surface area contributed by atoms with Crippen LogP contribution in [-0.4, -0.2) is 20.7 Å². The van der Waals surface area contributed by atoms with E-state index < -0.39 is 0 Å². The quantitative estimate of drug-likeness (QED) is 0.552. The first kappa shape index (κ1) is 15.5. The third-order valence-corrected chi connectivity index (χ3v) is 5.78. The molecule has 0 spiro atoms. The summed E-state index contributed by atoms with van der Waals surface area (Å²) in [6.45, 7) is 0. The first-order valence-electron chi connectivity index (χ1n) is 8.18. The van der Waals surface area contributed by atoms with Crippen LogP contribution in [0.4, 0.5) is 5.82 Å². The van der Waals surface area contributed by atoms with Crippen LogP contribution in [0, 0.1) is 0 Å². The number of nitrogens with zero attached hydrogens (tertiary/aromatic N) is 3. The average Bonchev–Trinajstić information content (AvgIpc) is 3.24. The van der Waals surface area contributed by atoms with E-state index in [-0.39, 0.29) is 11.8 Å². The molecule has 1 atom stereocenters. The second kappa shape index (κ2) is 5.93. The first-order valence-corrected chi connectivity index (χ1v) is 9.37. The van der Waals surface area contributed by atoms with Gasteiger partial charge in [0.2, 0.25) is 11.0 Å². The molecule has 0 saturated carbocycles. The molecule has 0 bridgehead atoms. The van der Waals surface area contributed by atoms with Gasteiger partial charge in [-0.15, -0.1) is 0 Å². The Morgan fingerprint density at radius 1 is 1.19 bits per heavy atom. The van der Waals surface area contributed by atoms with Gasteiger partial charge in [-0.1, -0.05) is 47.2 Å². The molecular formula is C19H13ClN4OS. The zero-order valence-corrected chi connectivity index (χ0v) is 15.1. The maximum absolute atomic E-state index is 12.3. The third kappa shape index (κ3) is 2.50. The van der Waals surface area contributed by atoms with Gasteiger partial charge in [0.25, 0.3) is 0 Å². The number of hydrogen-bond acceptors (Lipinski definition) is 4. The summed E-state index contributed by atoms with van der Waals surface area (Å²) in [4.78, 5) is 17.0. The van der Waals surface area contributed by atoms with Crippen molar-refractivity contribution in [3.05, 3.63) is 70.9 Å². The van der Waals surface area contributed by atoms with Crippen LogP contribution in [0.25, 0.3) is 15.3 Å². The zero-order chi connectivity index (χ0) is 17.7. The number of hydrogen-bond donors (Lipinski definition) is 1. The molecule has 1 amide bonds. The van der Waals surface area contributed by atoms with Gasteiger partial charge in [-0.05, 0) is 29.8 Å². The van der Waals surface area contributed by atoms with E-state index in [2.05, 4.69) is 15.4 Å². The van der Waals surface area contributed by atoms with Crippen molar-refractivity contribution in [3.63, 3.8) is 0 Å².